The van der Waals surface area contributed by atoms with E-state index < -0.39 is 11.0 Å². The Balaban J connectivity index is 2.02. The Morgan fingerprint density at radius 1 is 1.55 bits per heavy atom. The first kappa shape index (κ1) is 14.9. The topological polar surface area (TPSA) is 75.8 Å². The molecule has 0 saturated carbocycles. The number of nitrogens with zero attached hydrogens (tertiary/aromatic N) is 2. The van der Waals surface area contributed by atoms with Crippen molar-refractivity contribution < 1.29 is 14.8 Å². The highest BCUT2D eigenvalue weighted by atomic mass is 16.6. The molecule has 1 aliphatic rings. The van der Waals surface area contributed by atoms with E-state index in [0.29, 0.717) is 18.7 Å². The average molecular weight is 280 g/mol. The van der Waals surface area contributed by atoms with Gasteiger partial charge in [0, 0.05) is 31.8 Å². The van der Waals surface area contributed by atoms with Gasteiger partial charge in [-0.3, -0.25) is 15.0 Å². The van der Waals surface area contributed by atoms with Crippen molar-refractivity contribution in [3.8, 4) is 0 Å². The van der Waals surface area contributed by atoms with Crippen molar-refractivity contribution in [1.29, 1.82) is 0 Å². The number of hydrogen-bond donors (Lipinski definition) is 1. The second kappa shape index (κ2) is 5.87. The number of rotatable bonds is 4. The average Bonchev–Trinajstić information content (AvgIpc) is 2.37. The number of morpholine rings is 1. The van der Waals surface area contributed by atoms with E-state index in [0.717, 1.165) is 13.1 Å². The summed E-state index contributed by atoms with van der Waals surface area (Å²) in [4.78, 5) is 12.4. The number of aliphatic hydroxyl groups excluding tert-OH is 1. The van der Waals surface area contributed by atoms with Crippen LogP contribution in [0.2, 0.25) is 0 Å². The van der Waals surface area contributed by atoms with Crippen LogP contribution in [0.3, 0.4) is 0 Å². The number of nitro groups is 1. The minimum absolute atomic E-state index is 0.00357. The maximum Gasteiger partial charge on any atom is 0.269 e. The van der Waals surface area contributed by atoms with Gasteiger partial charge in [0.25, 0.3) is 5.69 Å². The number of aliphatic hydroxyl groups is 1. The van der Waals surface area contributed by atoms with Crippen molar-refractivity contribution in [2.24, 2.45) is 0 Å². The zero-order valence-corrected chi connectivity index (χ0v) is 11.8. The van der Waals surface area contributed by atoms with Gasteiger partial charge in [0.05, 0.1) is 23.2 Å². The van der Waals surface area contributed by atoms with Crippen LogP contribution >= 0.6 is 0 Å². The molecule has 0 radical (unpaired) electrons. The van der Waals surface area contributed by atoms with E-state index in [4.69, 9.17) is 4.74 Å². The molecule has 0 aliphatic carbocycles. The molecule has 0 aromatic heterocycles. The van der Waals surface area contributed by atoms with Crippen LogP contribution in [-0.4, -0.2) is 46.8 Å². The Morgan fingerprint density at radius 2 is 2.30 bits per heavy atom. The Morgan fingerprint density at radius 3 is 2.95 bits per heavy atom. The lowest BCUT2D eigenvalue weighted by atomic mass is 10.0. The van der Waals surface area contributed by atoms with Gasteiger partial charge in [-0.2, -0.15) is 0 Å². The fourth-order valence-corrected chi connectivity index (χ4v) is 2.47. The zero-order valence-electron chi connectivity index (χ0n) is 11.8. The van der Waals surface area contributed by atoms with Crippen molar-refractivity contribution in [2.45, 2.75) is 25.6 Å². The standard InChI is InChI=1S/C14H20N2O4/c1-14(2)10-15(6-7-20-14)9-13(17)11-4-3-5-12(8-11)16(18)19/h3-5,8,13,17H,6-7,9-10H2,1-2H3. The molecule has 1 aliphatic heterocycles. The summed E-state index contributed by atoms with van der Waals surface area (Å²) < 4.78 is 5.62. The fourth-order valence-electron chi connectivity index (χ4n) is 2.47. The van der Waals surface area contributed by atoms with Crippen molar-refractivity contribution in [3.05, 3.63) is 39.9 Å². The summed E-state index contributed by atoms with van der Waals surface area (Å²) in [5.74, 6) is 0. The maximum absolute atomic E-state index is 10.7. The lowest BCUT2D eigenvalue weighted by molar-refractivity contribution is -0.385. The summed E-state index contributed by atoms with van der Waals surface area (Å²) in [5, 5.41) is 21.0. The van der Waals surface area contributed by atoms with Crippen molar-refractivity contribution >= 4 is 5.69 Å². The Kier molecular flexibility index (Phi) is 4.37. The molecule has 110 valence electrons. The zero-order chi connectivity index (χ0) is 14.8. The summed E-state index contributed by atoms with van der Waals surface area (Å²) >= 11 is 0. The molecule has 1 saturated heterocycles. The fraction of sp³-hybridized carbons (Fsp3) is 0.571. The van der Waals surface area contributed by atoms with Crippen LogP contribution in [0.25, 0.3) is 0 Å². The molecule has 1 fully saturated rings. The molecule has 1 unspecified atom stereocenters. The van der Waals surface area contributed by atoms with Crippen LogP contribution in [0.5, 0.6) is 0 Å². The molecule has 1 N–H and O–H groups in total. The number of ether oxygens (including phenoxy) is 1. The number of hydrogen-bond acceptors (Lipinski definition) is 5. The molecular weight excluding hydrogens is 260 g/mol. The third kappa shape index (κ3) is 3.75. The largest absolute Gasteiger partial charge is 0.387 e. The SMILES string of the molecule is CC1(C)CN(CC(O)c2cccc([N+](=O)[O-])c2)CCO1. The molecule has 0 amide bonds. The Hall–Kier alpha value is -1.50. The van der Waals surface area contributed by atoms with Gasteiger partial charge in [0.15, 0.2) is 0 Å². The second-order valence-electron chi connectivity index (χ2n) is 5.71. The molecule has 1 aromatic rings. The summed E-state index contributed by atoms with van der Waals surface area (Å²) in [6.45, 7) is 6.61. The summed E-state index contributed by atoms with van der Waals surface area (Å²) in [6.07, 6.45) is -0.733. The van der Waals surface area contributed by atoms with Gasteiger partial charge in [0.2, 0.25) is 0 Å². The molecule has 2 rings (SSSR count). The quantitative estimate of drug-likeness (QED) is 0.671. The van der Waals surface area contributed by atoms with Gasteiger partial charge in [-0.05, 0) is 19.4 Å². The van der Waals surface area contributed by atoms with E-state index in [1.54, 1.807) is 12.1 Å². The van der Waals surface area contributed by atoms with E-state index in [-0.39, 0.29) is 11.3 Å². The minimum atomic E-state index is -0.733. The normalized spacial score (nSPS) is 20.6. The maximum atomic E-state index is 10.7. The predicted octanol–water partition coefficient (Wildman–Crippen LogP) is 1.74. The predicted molar refractivity (Wildman–Crippen MR) is 74.5 cm³/mol. The minimum Gasteiger partial charge on any atom is -0.387 e. The van der Waals surface area contributed by atoms with Crippen molar-refractivity contribution in [2.75, 3.05) is 26.2 Å². The van der Waals surface area contributed by atoms with Gasteiger partial charge < -0.3 is 9.84 Å². The summed E-state index contributed by atoms with van der Waals surface area (Å²) in [6, 6.07) is 6.16. The monoisotopic (exact) mass is 280 g/mol. The third-order valence-corrected chi connectivity index (χ3v) is 3.40. The Labute approximate surface area is 118 Å². The van der Waals surface area contributed by atoms with Crippen molar-refractivity contribution in [3.63, 3.8) is 0 Å². The van der Waals surface area contributed by atoms with E-state index in [1.807, 2.05) is 13.8 Å². The van der Waals surface area contributed by atoms with Crippen LogP contribution in [-0.2, 0) is 4.74 Å². The van der Waals surface area contributed by atoms with Crippen LogP contribution in [0.15, 0.2) is 24.3 Å². The summed E-state index contributed by atoms with van der Waals surface area (Å²) in [7, 11) is 0. The number of β-amino-alcohol motifs (C(OH)–C–C–N with tert-alkyl or cyclic N) is 1. The van der Waals surface area contributed by atoms with Gasteiger partial charge in [-0.1, -0.05) is 12.1 Å². The molecule has 1 heterocycles. The lowest BCUT2D eigenvalue weighted by Gasteiger charge is -2.38. The molecule has 1 atom stereocenters. The molecular formula is C14H20N2O4. The van der Waals surface area contributed by atoms with Gasteiger partial charge in [0.1, 0.15) is 0 Å². The first-order chi connectivity index (χ1) is 9.37. The van der Waals surface area contributed by atoms with Crippen LogP contribution in [0, 0.1) is 10.1 Å². The van der Waals surface area contributed by atoms with Gasteiger partial charge in [-0.15, -0.1) is 0 Å². The van der Waals surface area contributed by atoms with Gasteiger partial charge in [-0.25, -0.2) is 0 Å². The first-order valence-corrected chi connectivity index (χ1v) is 6.66. The highest BCUT2D eigenvalue weighted by Crippen LogP contribution is 2.22. The molecule has 0 bridgehead atoms. The van der Waals surface area contributed by atoms with Crippen LogP contribution in [0.1, 0.15) is 25.5 Å². The molecule has 1 aromatic carbocycles. The lowest BCUT2D eigenvalue weighted by Crippen LogP contribution is -2.49. The molecule has 6 heteroatoms. The highest BCUT2D eigenvalue weighted by Gasteiger charge is 2.28. The number of benzene rings is 1. The first-order valence-electron chi connectivity index (χ1n) is 6.66. The Bertz CT molecular complexity index is 490. The third-order valence-electron chi connectivity index (χ3n) is 3.40. The van der Waals surface area contributed by atoms with E-state index >= 15 is 0 Å². The summed E-state index contributed by atoms with van der Waals surface area (Å²) in [5.41, 5.74) is 0.355. The highest BCUT2D eigenvalue weighted by molar-refractivity contribution is 5.35. The van der Waals surface area contributed by atoms with Gasteiger partial charge >= 0.3 is 0 Å². The molecule has 20 heavy (non-hydrogen) atoms. The van der Waals surface area contributed by atoms with Crippen LogP contribution < -0.4 is 0 Å². The van der Waals surface area contributed by atoms with E-state index in [2.05, 4.69) is 4.90 Å². The number of nitro benzene ring substituents is 1. The molecule has 0 spiro atoms. The smallest absolute Gasteiger partial charge is 0.269 e. The van der Waals surface area contributed by atoms with Crippen LogP contribution in [0.4, 0.5) is 5.69 Å². The van der Waals surface area contributed by atoms with E-state index in [9.17, 15) is 15.2 Å². The van der Waals surface area contributed by atoms with E-state index in [1.165, 1.54) is 12.1 Å². The second-order valence-corrected chi connectivity index (χ2v) is 5.71. The van der Waals surface area contributed by atoms with Crippen molar-refractivity contribution in [1.82, 2.24) is 4.90 Å². The molecule has 6 nitrogen and oxygen atoms in total. The number of non-ortho nitro benzene ring substituents is 1.